The Labute approximate surface area is 112 Å². The van der Waals surface area contributed by atoms with Gasteiger partial charge in [-0.1, -0.05) is 19.3 Å². The Bertz CT molecular complexity index is 489. The third kappa shape index (κ3) is 3.44. The number of aromatic nitrogens is 1. The van der Waals surface area contributed by atoms with Crippen molar-refractivity contribution in [3.05, 3.63) is 34.2 Å². The summed E-state index contributed by atoms with van der Waals surface area (Å²) in [5, 5.41) is 2.92. The van der Waals surface area contributed by atoms with Gasteiger partial charge in [0.1, 0.15) is 0 Å². The van der Waals surface area contributed by atoms with Crippen LogP contribution in [0.5, 0.6) is 0 Å². The monoisotopic (exact) mass is 263 g/mol. The molecule has 1 aliphatic carbocycles. The molecule has 19 heavy (non-hydrogen) atoms. The molecular formula is C14H21N3O2. The van der Waals surface area contributed by atoms with E-state index in [-0.39, 0.29) is 16.9 Å². The standard InChI is InChI=1S/C14H21N3O2/c15-9-14(5-2-1-3-6-14)10-17-13(19)11-4-7-16-12(18)8-11/h4,7-8H,1-3,5-6,9-10,15H2,(H,16,18)(H,17,19). The molecule has 1 saturated carbocycles. The summed E-state index contributed by atoms with van der Waals surface area (Å²) in [4.78, 5) is 25.7. The van der Waals surface area contributed by atoms with Crippen LogP contribution < -0.4 is 16.6 Å². The number of rotatable bonds is 4. The summed E-state index contributed by atoms with van der Waals surface area (Å²) < 4.78 is 0. The van der Waals surface area contributed by atoms with E-state index in [1.165, 1.54) is 31.5 Å². The highest BCUT2D eigenvalue weighted by atomic mass is 16.2. The van der Waals surface area contributed by atoms with Gasteiger partial charge in [0.15, 0.2) is 0 Å². The van der Waals surface area contributed by atoms with Gasteiger partial charge < -0.3 is 16.0 Å². The van der Waals surface area contributed by atoms with Crippen LogP contribution in [0.3, 0.4) is 0 Å². The first-order chi connectivity index (χ1) is 9.15. The average molecular weight is 263 g/mol. The predicted molar refractivity (Wildman–Crippen MR) is 74.0 cm³/mol. The summed E-state index contributed by atoms with van der Waals surface area (Å²) in [7, 11) is 0. The van der Waals surface area contributed by atoms with Crippen LogP contribution in [0.4, 0.5) is 0 Å². The maximum atomic E-state index is 12.0. The lowest BCUT2D eigenvalue weighted by molar-refractivity contribution is 0.0913. The third-order valence-corrected chi connectivity index (χ3v) is 4.01. The molecule has 0 bridgehead atoms. The highest BCUT2D eigenvalue weighted by Crippen LogP contribution is 2.34. The molecule has 0 atom stereocenters. The molecule has 0 saturated heterocycles. The van der Waals surface area contributed by atoms with Crippen LogP contribution in [0.25, 0.3) is 0 Å². The van der Waals surface area contributed by atoms with Gasteiger partial charge >= 0.3 is 0 Å². The molecule has 5 heteroatoms. The van der Waals surface area contributed by atoms with Crippen molar-refractivity contribution >= 4 is 5.91 Å². The van der Waals surface area contributed by atoms with Crippen molar-refractivity contribution in [3.8, 4) is 0 Å². The molecule has 104 valence electrons. The number of carbonyl (C=O) groups excluding carboxylic acids is 1. The zero-order valence-corrected chi connectivity index (χ0v) is 11.1. The Morgan fingerprint density at radius 3 is 2.74 bits per heavy atom. The topological polar surface area (TPSA) is 88.0 Å². The van der Waals surface area contributed by atoms with E-state index in [0.29, 0.717) is 18.7 Å². The van der Waals surface area contributed by atoms with Crippen LogP contribution in [-0.2, 0) is 0 Å². The Balaban J connectivity index is 1.97. The number of carbonyl (C=O) groups is 1. The van der Waals surface area contributed by atoms with Crippen LogP contribution in [-0.4, -0.2) is 24.0 Å². The van der Waals surface area contributed by atoms with Gasteiger partial charge in [0.25, 0.3) is 5.91 Å². The fourth-order valence-electron chi connectivity index (χ4n) is 2.71. The van der Waals surface area contributed by atoms with Gasteiger partial charge in [-0.3, -0.25) is 9.59 Å². The number of amides is 1. The first-order valence-electron chi connectivity index (χ1n) is 6.82. The van der Waals surface area contributed by atoms with E-state index in [1.54, 1.807) is 6.07 Å². The number of nitrogens with two attached hydrogens (primary N) is 1. The number of nitrogens with one attached hydrogen (secondary N) is 2. The molecule has 0 unspecified atom stereocenters. The molecule has 1 heterocycles. The second-order valence-corrected chi connectivity index (χ2v) is 5.39. The Hall–Kier alpha value is -1.62. The molecule has 0 aliphatic heterocycles. The third-order valence-electron chi connectivity index (χ3n) is 4.01. The minimum Gasteiger partial charge on any atom is -0.351 e. The largest absolute Gasteiger partial charge is 0.351 e. The van der Waals surface area contributed by atoms with Crippen LogP contribution >= 0.6 is 0 Å². The Morgan fingerprint density at radius 1 is 1.37 bits per heavy atom. The molecule has 0 spiro atoms. The maximum absolute atomic E-state index is 12.0. The summed E-state index contributed by atoms with van der Waals surface area (Å²) >= 11 is 0. The number of hydrogen-bond acceptors (Lipinski definition) is 3. The molecule has 2 rings (SSSR count). The zero-order chi connectivity index (χ0) is 13.7. The van der Waals surface area contributed by atoms with Gasteiger partial charge in [-0.25, -0.2) is 0 Å². The van der Waals surface area contributed by atoms with Crippen LogP contribution in [0.2, 0.25) is 0 Å². The van der Waals surface area contributed by atoms with Gasteiger partial charge in [-0.15, -0.1) is 0 Å². The minimum absolute atomic E-state index is 0.0368. The molecular weight excluding hydrogens is 242 g/mol. The van der Waals surface area contributed by atoms with Crippen molar-refractivity contribution in [2.45, 2.75) is 32.1 Å². The smallest absolute Gasteiger partial charge is 0.251 e. The van der Waals surface area contributed by atoms with Crippen LogP contribution in [0.1, 0.15) is 42.5 Å². The quantitative estimate of drug-likeness (QED) is 0.757. The first-order valence-corrected chi connectivity index (χ1v) is 6.82. The van der Waals surface area contributed by atoms with E-state index >= 15 is 0 Å². The second kappa shape index (κ2) is 6.02. The zero-order valence-electron chi connectivity index (χ0n) is 11.1. The summed E-state index contributed by atoms with van der Waals surface area (Å²) in [5.41, 5.74) is 6.05. The van der Waals surface area contributed by atoms with E-state index in [2.05, 4.69) is 10.3 Å². The maximum Gasteiger partial charge on any atom is 0.251 e. The normalized spacial score (nSPS) is 17.9. The average Bonchev–Trinajstić information content (AvgIpc) is 2.46. The van der Waals surface area contributed by atoms with Crippen molar-refractivity contribution < 1.29 is 4.79 Å². The van der Waals surface area contributed by atoms with Gasteiger partial charge in [0.2, 0.25) is 5.56 Å². The predicted octanol–water partition coefficient (Wildman–Crippen LogP) is 1.01. The summed E-state index contributed by atoms with van der Waals surface area (Å²) in [5.74, 6) is -0.204. The summed E-state index contributed by atoms with van der Waals surface area (Å²) in [6.07, 6.45) is 7.23. The van der Waals surface area contributed by atoms with Gasteiger partial charge in [0, 0.05) is 24.4 Å². The highest BCUT2D eigenvalue weighted by molar-refractivity contribution is 5.93. The number of pyridine rings is 1. The molecule has 1 aliphatic rings. The highest BCUT2D eigenvalue weighted by Gasteiger charge is 2.30. The van der Waals surface area contributed by atoms with Crippen molar-refractivity contribution in [1.29, 1.82) is 0 Å². The molecule has 5 nitrogen and oxygen atoms in total. The second-order valence-electron chi connectivity index (χ2n) is 5.39. The Kier molecular flexibility index (Phi) is 4.37. The first kappa shape index (κ1) is 13.8. The van der Waals surface area contributed by atoms with E-state index < -0.39 is 0 Å². The van der Waals surface area contributed by atoms with E-state index in [1.807, 2.05) is 0 Å². The van der Waals surface area contributed by atoms with Crippen molar-refractivity contribution in [1.82, 2.24) is 10.3 Å². The molecule has 1 aromatic rings. The summed E-state index contributed by atoms with van der Waals surface area (Å²) in [6, 6.07) is 2.91. The Morgan fingerprint density at radius 2 is 2.11 bits per heavy atom. The fourth-order valence-corrected chi connectivity index (χ4v) is 2.71. The van der Waals surface area contributed by atoms with Gasteiger partial charge in [0.05, 0.1) is 0 Å². The van der Waals surface area contributed by atoms with Crippen molar-refractivity contribution in [2.75, 3.05) is 13.1 Å². The molecule has 1 aromatic heterocycles. The molecule has 0 aromatic carbocycles. The summed E-state index contributed by atoms with van der Waals surface area (Å²) in [6.45, 7) is 1.19. The van der Waals surface area contributed by atoms with Crippen molar-refractivity contribution in [3.63, 3.8) is 0 Å². The lowest BCUT2D eigenvalue weighted by Crippen LogP contribution is -2.43. The van der Waals surface area contributed by atoms with Crippen molar-refractivity contribution in [2.24, 2.45) is 11.1 Å². The lowest BCUT2D eigenvalue weighted by atomic mass is 9.74. The van der Waals surface area contributed by atoms with Gasteiger partial charge in [-0.05, 0) is 30.9 Å². The minimum atomic E-state index is -0.265. The molecule has 4 N–H and O–H groups in total. The van der Waals surface area contributed by atoms with Crippen LogP contribution in [0.15, 0.2) is 23.1 Å². The van der Waals surface area contributed by atoms with E-state index in [0.717, 1.165) is 12.8 Å². The number of aromatic amines is 1. The van der Waals surface area contributed by atoms with Crippen LogP contribution in [0, 0.1) is 5.41 Å². The number of hydrogen-bond donors (Lipinski definition) is 3. The SMILES string of the molecule is NCC1(CNC(=O)c2cc[nH]c(=O)c2)CCCCC1. The van der Waals surface area contributed by atoms with E-state index in [4.69, 9.17) is 5.73 Å². The van der Waals surface area contributed by atoms with Gasteiger partial charge in [-0.2, -0.15) is 0 Å². The molecule has 1 amide bonds. The lowest BCUT2D eigenvalue weighted by Gasteiger charge is -2.36. The fraction of sp³-hybridized carbons (Fsp3) is 0.571. The molecule has 1 fully saturated rings. The number of H-pyrrole nitrogens is 1. The van der Waals surface area contributed by atoms with E-state index in [9.17, 15) is 9.59 Å². The molecule has 0 radical (unpaired) electrons.